The van der Waals surface area contributed by atoms with Crippen LogP contribution in [-0.2, 0) is 14.3 Å². The second-order valence-corrected chi connectivity index (χ2v) is 3.39. The fraction of sp³-hybridized carbons (Fsp3) is 0.267. The summed E-state index contributed by atoms with van der Waals surface area (Å²) >= 11 is 0. The number of hydrogen-bond acceptors (Lipinski definition) is 3. The maximum Gasteiger partial charge on any atom is 0.302 e. The van der Waals surface area contributed by atoms with Crippen molar-refractivity contribution in [2.24, 2.45) is 0 Å². The van der Waals surface area contributed by atoms with Gasteiger partial charge in [-0.15, -0.1) is 13.2 Å². The topological polar surface area (TPSA) is 35.5 Å². The monoisotopic (exact) mass is 248 g/mol. The van der Waals surface area contributed by atoms with Crippen molar-refractivity contribution in [3.05, 3.63) is 49.6 Å². The number of ether oxygens (including phenoxy) is 2. The van der Waals surface area contributed by atoms with Gasteiger partial charge in [0.2, 0.25) is 0 Å². The van der Waals surface area contributed by atoms with Crippen LogP contribution in [-0.4, -0.2) is 26.3 Å². The van der Waals surface area contributed by atoms with E-state index in [-0.39, 0.29) is 5.97 Å². The van der Waals surface area contributed by atoms with Crippen molar-refractivity contribution < 1.29 is 14.3 Å². The summed E-state index contributed by atoms with van der Waals surface area (Å²) in [6.07, 6.45) is 3.42. The van der Waals surface area contributed by atoms with Crippen molar-refractivity contribution in [3.63, 3.8) is 0 Å². The Morgan fingerprint density at radius 3 is 1.83 bits per heavy atom. The lowest BCUT2D eigenvalue weighted by Crippen LogP contribution is -1.88. The zero-order valence-corrected chi connectivity index (χ0v) is 11.0. The SMILES string of the molecule is C=CCOCC=C.COC(C)=O.c1cc2cc-2c1. The van der Waals surface area contributed by atoms with E-state index in [9.17, 15) is 4.79 Å². The molecule has 0 bridgehead atoms. The zero-order chi connectivity index (χ0) is 13.8. The van der Waals surface area contributed by atoms with Gasteiger partial charge in [-0.25, -0.2) is 0 Å². The molecule has 0 fully saturated rings. The molecule has 0 radical (unpaired) electrons. The lowest BCUT2D eigenvalue weighted by Gasteiger charge is -1.89. The average Bonchev–Trinajstić information content (AvgIpc) is 2.98. The summed E-state index contributed by atoms with van der Waals surface area (Å²) in [7, 11) is 1.35. The Balaban J connectivity index is 0.000000244. The summed E-state index contributed by atoms with van der Waals surface area (Å²) in [5, 5.41) is 0. The van der Waals surface area contributed by atoms with Crippen molar-refractivity contribution in [2.75, 3.05) is 20.3 Å². The Kier molecular flexibility index (Phi) is 9.23. The van der Waals surface area contributed by atoms with Crippen LogP contribution < -0.4 is 0 Å². The summed E-state index contributed by atoms with van der Waals surface area (Å²) < 4.78 is 9.01. The van der Waals surface area contributed by atoms with Crippen LogP contribution in [0.3, 0.4) is 0 Å². The van der Waals surface area contributed by atoms with Gasteiger partial charge in [-0.1, -0.05) is 30.4 Å². The van der Waals surface area contributed by atoms with Crippen molar-refractivity contribution >= 4 is 5.97 Å². The lowest BCUT2D eigenvalue weighted by molar-refractivity contribution is -0.137. The summed E-state index contributed by atoms with van der Waals surface area (Å²) in [6.45, 7) is 9.54. The Labute approximate surface area is 109 Å². The minimum atomic E-state index is -0.245. The van der Waals surface area contributed by atoms with Gasteiger partial charge in [0, 0.05) is 6.92 Å². The third-order valence-corrected chi connectivity index (χ3v) is 1.87. The Morgan fingerprint density at radius 1 is 1.22 bits per heavy atom. The molecule has 98 valence electrons. The number of benzene rings is 1. The van der Waals surface area contributed by atoms with Crippen molar-refractivity contribution in [1.82, 2.24) is 0 Å². The van der Waals surface area contributed by atoms with Crippen LogP contribution in [0.1, 0.15) is 6.92 Å². The smallest absolute Gasteiger partial charge is 0.302 e. The standard InChI is InChI=1S/C6H10O.C6H4.C3H6O2/c1-3-5-7-6-4-2;1-2-5-4-6(5)3-1;1-3(4)5-2/h3-4H,1-2,5-6H2;1-4H;1-2H3. The highest BCUT2D eigenvalue weighted by molar-refractivity contribution is 5.80. The Hall–Kier alpha value is -1.87. The van der Waals surface area contributed by atoms with Crippen LogP contribution >= 0.6 is 0 Å². The first-order valence-electron chi connectivity index (χ1n) is 5.60. The van der Waals surface area contributed by atoms with Gasteiger partial charge in [-0.2, -0.15) is 0 Å². The average molecular weight is 248 g/mol. The fourth-order valence-electron chi connectivity index (χ4n) is 0.910. The highest BCUT2D eigenvalue weighted by Crippen LogP contribution is 2.32. The number of carbonyl (C=O) groups is 1. The molecule has 0 saturated heterocycles. The van der Waals surface area contributed by atoms with Gasteiger partial charge >= 0.3 is 5.97 Å². The highest BCUT2D eigenvalue weighted by atomic mass is 16.5. The molecule has 0 amide bonds. The largest absolute Gasteiger partial charge is 0.469 e. The fourth-order valence-corrected chi connectivity index (χ4v) is 0.910. The molecule has 0 atom stereocenters. The molecule has 3 heteroatoms. The van der Waals surface area contributed by atoms with E-state index >= 15 is 0 Å². The van der Waals surface area contributed by atoms with E-state index in [0.717, 1.165) is 0 Å². The highest BCUT2D eigenvalue weighted by Gasteiger charge is 2.06. The molecule has 0 aliphatic heterocycles. The molecular weight excluding hydrogens is 228 g/mol. The van der Waals surface area contributed by atoms with Gasteiger partial charge in [0.25, 0.3) is 0 Å². The van der Waals surface area contributed by atoms with Crippen LogP contribution in [0.2, 0.25) is 0 Å². The molecule has 0 heterocycles. The van der Waals surface area contributed by atoms with E-state index in [2.05, 4.69) is 42.2 Å². The van der Waals surface area contributed by atoms with Crippen LogP contribution in [0.15, 0.2) is 49.6 Å². The lowest BCUT2D eigenvalue weighted by atomic mass is 10.6. The number of fused-ring (bicyclic) bond motifs is 1. The molecular formula is C15H20O3. The van der Waals surface area contributed by atoms with E-state index < -0.39 is 0 Å². The first-order valence-corrected chi connectivity index (χ1v) is 5.60. The van der Waals surface area contributed by atoms with Gasteiger partial charge in [-0.3, -0.25) is 4.79 Å². The predicted octanol–water partition coefficient (Wildman–Crippen LogP) is 3.22. The van der Waals surface area contributed by atoms with Crippen LogP contribution in [0.25, 0.3) is 11.1 Å². The van der Waals surface area contributed by atoms with Crippen LogP contribution in [0.5, 0.6) is 0 Å². The Morgan fingerprint density at radius 2 is 1.67 bits per heavy atom. The molecule has 2 rings (SSSR count). The van der Waals surface area contributed by atoms with Crippen molar-refractivity contribution in [2.45, 2.75) is 6.92 Å². The minimum absolute atomic E-state index is 0.245. The first kappa shape index (κ1) is 16.1. The number of methoxy groups -OCH3 is 1. The molecule has 0 unspecified atom stereocenters. The van der Waals surface area contributed by atoms with Gasteiger partial charge in [0.05, 0.1) is 20.3 Å². The predicted molar refractivity (Wildman–Crippen MR) is 74.3 cm³/mol. The number of esters is 1. The molecule has 2 aliphatic carbocycles. The second-order valence-electron chi connectivity index (χ2n) is 3.39. The van der Waals surface area contributed by atoms with Crippen molar-refractivity contribution in [3.8, 4) is 11.1 Å². The van der Waals surface area contributed by atoms with Gasteiger partial charge in [-0.05, 0) is 17.2 Å². The summed E-state index contributed by atoms with van der Waals surface area (Å²) in [5.41, 5.74) is 2.85. The molecule has 0 aromatic heterocycles. The summed E-state index contributed by atoms with van der Waals surface area (Å²) in [4.78, 5) is 9.59. The molecule has 0 aromatic carbocycles. The first-order chi connectivity index (χ1) is 8.65. The van der Waals surface area contributed by atoms with Gasteiger partial charge < -0.3 is 9.47 Å². The molecule has 0 N–H and O–H groups in total. The zero-order valence-electron chi connectivity index (χ0n) is 11.0. The number of carbonyl (C=O) groups excluding carboxylic acids is 1. The quantitative estimate of drug-likeness (QED) is 0.473. The second kappa shape index (κ2) is 10.3. The van der Waals surface area contributed by atoms with Crippen LogP contribution in [0, 0.1) is 0 Å². The van der Waals surface area contributed by atoms with Crippen molar-refractivity contribution in [1.29, 1.82) is 0 Å². The Bertz CT molecular complexity index is 358. The maximum atomic E-state index is 9.59. The molecule has 18 heavy (non-hydrogen) atoms. The molecule has 0 spiro atoms. The van der Waals surface area contributed by atoms with E-state index in [0.29, 0.717) is 13.2 Å². The molecule has 0 aromatic rings. The molecule has 3 nitrogen and oxygen atoms in total. The van der Waals surface area contributed by atoms with E-state index in [4.69, 9.17) is 4.74 Å². The van der Waals surface area contributed by atoms with E-state index in [1.54, 1.807) is 12.2 Å². The van der Waals surface area contributed by atoms with E-state index in [1.807, 2.05) is 0 Å². The number of rotatable bonds is 4. The normalized spacial score (nSPS) is 8.78. The summed E-state index contributed by atoms with van der Waals surface area (Å²) in [5.74, 6) is -0.245. The van der Waals surface area contributed by atoms with Gasteiger partial charge in [0.1, 0.15) is 0 Å². The van der Waals surface area contributed by atoms with E-state index in [1.165, 1.54) is 25.2 Å². The van der Waals surface area contributed by atoms with Crippen LogP contribution in [0.4, 0.5) is 0 Å². The third-order valence-electron chi connectivity index (χ3n) is 1.87. The molecule has 2 aliphatic rings. The number of hydrogen-bond donors (Lipinski definition) is 0. The third kappa shape index (κ3) is 9.36. The minimum Gasteiger partial charge on any atom is -0.469 e. The van der Waals surface area contributed by atoms with Gasteiger partial charge in [0.15, 0.2) is 0 Å². The summed E-state index contributed by atoms with van der Waals surface area (Å²) in [6, 6.07) is 8.48. The maximum absolute atomic E-state index is 9.59. The molecule has 0 saturated carbocycles.